The molecule has 0 radical (unpaired) electrons. The van der Waals surface area contributed by atoms with E-state index in [-0.39, 0.29) is 12.4 Å². The van der Waals surface area contributed by atoms with E-state index in [1.165, 1.54) is 6.07 Å². The van der Waals surface area contributed by atoms with Crippen molar-refractivity contribution in [1.29, 1.82) is 0 Å². The molecule has 0 bridgehead atoms. The maximum atomic E-state index is 12.8. The van der Waals surface area contributed by atoms with Crippen LogP contribution >= 0.6 is 0 Å². The molecule has 0 N–H and O–H groups in total. The zero-order chi connectivity index (χ0) is 30.9. The largest absolute Gasteiger partial charge is 0.494 e. The van der Waals surface area contributed by atoms with Gasteiger partial charge in [0.2, 0.25) is 0 Å². The maximum Gasteiger partial charge on any atom is 0.343 e. The number of esters is 3. The van der Waals surface area contributed by atoms with Gasteiger partial charge in [-0.1, -0.05) is 12.7 Å². The Bertz CT molecular complexity index is 1360. The molecule has 10 heteroatoms. The number of ether oxygens (including phenoxy) is 5. The van der Waals surface area contributed by atoms with Gasteiger partial charge in [-0.05, 0) is 79.2 Å². The number of carbonyl (C=O) groups is 3. The summed E-state index contributed by atoms with van der Waals surface area (Å²) in [5, 5.41) is 0. The number of hydrogen-bond donors (Lipinski definition) is 0. The first-order valence-corrected chi connectivity index (χ1v) is 13.5. The van der Waals surface area contributed by atoms with Crippen molar-refractivity contribution in [3.05, 3.63) is 109 Å². The summed E-state index contributed by atoms with van der Waals surface area (Å²) in [4.78, 5) is 46.2. The minimum Gasteiger partial charge on any atom is -0.494 e. The normalized spacial score (nSPS) is 10.3. The molecule has 3 rings (SSSR count). The summed E-state index contributed by atoms with van der Waals surface area (Å²) in [6, 6.07) is 17.8. The van der Waals surface area contributed by atoms with E-state index in [4.69, 9.17) is 33.5 Å². The number of hydrogen-bond acceptors (Lipinski definition) is 10. The van der Waals surface area contributed by atoms with Crippen LogP contribution in [0.25, 0.3) is 0 Å². The monoisotopic (exact) mass is 590 g/mol. The summed E-state index contributed by atoms with van der Waals surface area (Å²) in [5.41, 5.74) is 1.24. The Labute approximate surface area is 250 Å². The first-order valence-electron chi connectivity index (χ1n) is 13.5. The van der Waals surface area contributed by atoms with Crippen LogP contribution in [0.2, 0.25) is 0 Å². The second-order valence-corrected chi connectivity index (χ2v) is 8.92. The fraction of sp³-hybridized carbons (Fsp3) is 0.242. The van der Waals surface area contributed by atoms with Crippen LogP contribution in [-0.2, 0) is 19.3 Å². The van der Waals surface area contributed by atoms with Gasteiger partial charge in [-0.2, -0.15) is 0 Å². The molecule has 226 valence electrons. The first kappa shape index (κ1) is 32.6. The van der Waals surface area contributed by atoms with E-state index in [1.807, 2.05) is 0 Å². The molecule has 10 nitrogen and oxygen atoms in total. The molecule has 0 unspecified atom stereocenters. The molecule has 3 aromatic rings. The molecular weight excluding hydrogens is 556 g/mol. The van der Waals surface area contributed by atoms with Gasteiger partial charge in [-0.25, -0.2) is 24.2 Å². The Morgan fingerprint density at radius 1 is 0.674 bits per heavy atom. The van der Waals surface area contributed by atoms with Crippen molar-refractivity contribution in [2.75, 3.05) is 33.0 Å². The highest BCUT2D eigenvalue weighted by Gasteiger charge is 2.15. The number of rotatable bonds is 18. The third-order valence-electron chi connectivity index (χ3n) is 5.63. The topological polar surface area (TPSA) is 116 Å². The minimum atomic E-state index is -0.562. The lowest BCUT2D eigenvalue weighted by molar-refractivity contribution is -0.287. The lowest BCUT2D eigenvalue weighted by Gasteiger charge is -2.11. The SMILES string of the molecule is C=CCOOCCCOc1ccc(OC(=O)c2ccc(OC(=O)c3ccc(OCCCOC(=O)C=C)cc3)cc2C)cc1. The molecule has 0 amide bonds. The van der Waals surface area contributed by atoms with Crippen molar-refractivity contribution < 1.29 is 47.8 Å². The van der Waals surface area contributed by atoms with Crippen LogP contribution in [0.15, 0.2) is 92.0 Å². The van der Waals surface area contributed by atoms with Crippen LogP contribution in [0, 0.1) is 6.92 Å². The smallest absolute Gasteiger partial charge is 0.343 e. The van der Waals surface area contributed by atoms with Crippen LogP contribution in [0.1, 0.15) is 39.1 Å². The number of carbonyl (C=O) groups excluding carboxylic acids is 3. The average Bonchev–Trinajstić information content (AvgIpc) is 3.01. The molecule has 0 aliphatic rings. The van der Waals surface area contributed by atoms with Crippen molar-refractivity contribution in [3.63, 3.8) is 0 Å². The fourth-order valence-electron chi connectivity index (χ4n) is 3.49. The molecule has 0 aliphatic carbocycles. The summed E-state index contributed by atoms with van der Waals surface area (Å²) >= 11 is 0. The molecule has 0 saturated heterocycles. The quantitative estimate of drug-likeness (QED) is 0.0341. The van der Waals surface area contributed by atoms with Gasteiger partial charge in [0.1, 0.15) is 29.6 Å². The Hall–Kier alpha value is -4.93. The van der Waals surface area contributed by atoms with Crippen LogP contribution in [0.4, 0.5) is 0 Å². The highest BCUT2D eigenvalue weighted by molar-refractivity contribution is 5.94. The molecular formula is C33H34O10. The molecule has 43 heavy (non-hydrogen) atoms. The molecule has 0 heterocycles. The van der Waals surface area contributed by atoms with Gasteiger partial charge in [-0.15, -0.1) is 6.58 Å². The number of benzene rings is 3. The van der Waals surface area contributed by atoms with Gasteiger partial charge in [-0.3, -0.25) is 0 Å². The van der Waals surface area contributed by atoms with Crippen LogP contribution in [0.5, 0.6) is 23.0 Å². The van der Waals surface area contributed by atoms with Gasteiger partial charge in [0.15, 0.2) is 0 Å². The van der Waals surface area contributed by atoms with E-state index in [9.17, 15) is 14.4 Å². The van der Waals surface area contributed by atoms with E-state index < -0.39 is 17.9 Å². The van der Waals surface area contributed by atoms with Gasteiger partial charge in [0.05, 0.1) is 37.6 Å². The van der Waals surface area contributed by atoms with Crippen molar-refractivity contribution >= 4 is 17.9 Å². The lowest BCUT2D eigenvalue weighted by Crippen LogP contribution is -2.12. The zero-order valence-electron chi connectivity index (χ0n) is 24.0. The third-order valence-corrected chi connectivity index (χ3v) is 5.63. The third kappa shape index (κ3) is 11.5. The van der Waals surface area contributed by atoms with E-state index >= 15 is 0 Å². The predicted molar refractivity (Wildman–Crippen MR) is 157 cm³/mol. The fourth-order valence-corrected chi connectivity index (χ4v) is 3.49. The van der Waals surface area contributed by atoms with Crippen LogP contribution in [0.3, 0.4) is 0 Å². The van der Waals surface area contributed by atoms with E-state index in [0.717, 1.165) is 6.08 Å². The maximum absolute atomic E-state index is 12.8. The standard InChI is InChI=1S/C33H34O10/c1-4-18-40-41-22-7-20-38-27-12-14-28(15-13-27)42-33(36)30-17-16-29(23-24(30)3)43-32(35)25-8-10-26(11-9-25)37-19-6-21-39-31(34)5-2/h4-5,8-17,23H,1-2,6-7,18-22H2,3H3. The van der Waals surface area contributed by atoms with E-state index in [2.05, 4.69) is 13.2 Å². The van der Waals surface area contributed by atoms with Crippen LogP contribution in [-0.4, -0.2) is 50.9 Å². The number of aryl methyl sites for hydroxylation is 1. The van der Waals surface area contributed by atoms with Crippen molar-refractivity contribution in [2.45, 2.75) is 19.8 Å². The van der Waals surface area contributed by atoms with Gasteiger partial charge < -0.3 is 23.7 Å². The first-order chi connectivity index (χ1) is 20.9. The van der Waals surface area contributed by atoms with Crippen LogP contribution < -0.4 is 18.9 Å². The summed E-state index contributed by atoms with van der Waals surface area (Å²) in [6.45, 7) is 10.3. The zero-order valence-corrected chi connectivity index (χ0v) is 24.0. The Balaban J connectivity index is 1.44. The van der Waals surface area contributed by atoms with E-state index in [1.54, 1.807) is 73.7 Å². The van der Waals surface area contributed by atoms with Gasteiger partial charge in [0.25, 0.3) is 0 Å². The molecule has 0 spiro atoms. The highest BCUT2D eigenvalue weighted by atomic mass is 17.2. The summed E-state index contributed by atoms with van der Waals surface area (Å²) in [7, 11) is 0. The molecule has 0 aromatic heterocycles. The van der Waals surface area contributed by atoms with E-state index in [0.29, 0.717) is 73.2 Å². The summed E-state index contributed by atoms with van der Waals surface area (Å²) < 4.78 is 27.1. The van der Waals surface area contributed by atoms with Crippen molar-refractivity contribution in [3.8, 4) is 23.0 Å². The highest BCUT2D eigenvalue weighted by Crippen LogP contribution is 2.23. The van der Waals surface area contributed by atoms with Gasteiger partial charge in [0, 0.05) is 18.9 Å². The Morgan fingerprint density at radius 2 is 1.26 bits per heavy atom. The minimum absolute atomic E-state index is 0.221. The Morgan fingerprint density at radius 3 is 1.88 bits per heavy atom. The molecule has 0 saturated carbocycles. The molecule has 0 atom stereocenters. The van der Waals surface area contributed by atoms with Crippen molar-refractivity contribution in [2.24, 2.45) is 0 Å². The molecule has 3 aromatic carbocycles. The predicted octanol–water partition coefficient (Wildman–Crippen LogP) is 5.83. The second-order valence-electron chi connectivity index (χ2n) is 8.92. The molecule has 0 fully saturated rings. The lowest BCUT2D eigenvalue weighted by atomic mass is 10.1. The average molecular weight is 591 g/mol. The Kier molecular flexibility index (Phi) is 13.5. The second kappa shape index (κ2) is 17.8. The van der Waals surface area contributed by atoms with Crippen molar-refractivity contribution in [1.82, 2.24) is 0 Å². The summed E-state index contributed by atoms with van der Waals surface area (Å²) in [6.07, 6.45) is 3.85. The molecule has 0 aliphatic heterocycles. The summed E-state index contributed by atoms with van der Waals surface area (Å²) in [5.74, 6) is 0.239. The van der Waals surface area contributed by atoms with Gasteiger partial charge >= 0.3 is 17.9 Å².